The summed E-state index contributed by atoms with van der Waals surface area (Å²) in [6.45, 7) is 5.23. The molecule has 1 rings (SSSR count). The molecule has 2 N–H and O–H groups in total. The summed E-state index contributed by atoms with van der Waals surface area (Å²) in [5.74, 6) is -1.06. The Balaban J connectivity index is 3.09. The molecule has 0 bridgehead atoms. The van der Waals surface area contributed by atoms with Gasteiger partial charge in [-0.25, -0.2) is 4.79 Å². The van der Waals surface area contributed by atoms with Crippen LogP contribution in [0.4, 0.5) is 11.4 Å². The first-order valence-electron chi connectivity index (χ1n) is 5.31. The summed E-state index contributed by atoms with van der Waals surface area (Å²) in [6, 6.07) is 0.457. The summed E-state index contributed by atoms with van der Waals surface area (Å²) in [7, 11) is 0. The number of hydrogen-bond donors (Lipinski definition) is 2. The van der Waals surface area contributed by atoms with Gasteiger partial charge < -0.3 is 10.4 Å². The van der Waals surface area contributed by atoms with Gasteiger partial charge in [-0.15, -0.1) is 0 Å². The second-order valence-corrected chi connectivity index (χ2v) is 4.93. The van der Waals surface area contributed by atoms with E-state index in [1.54, 1.807) is 20.8 Å². The standard InChI is InChI=1S/C11H15N3O4/c1-11(2,3)9(10(15)16)13-7-4-5-12-6-8(7)14(17)18/h4-6,9H,1-3H3,(H,12,13)(H,15,16). The monoisotopic (exact) mass is 253 g/mol. The summed E-state index contributed by atoms with van der Waals surface area (Å²) in [5.41, 5.74) is -0.673. The van der Waals surface area contributed by atoms with Crippen LogP contribution in [0, 0.1) is 15.5 Å². The molecular formula is C11H15N3O4. The average Bonchev–Trinajstić information content (AvgIpc) is 2.24. The number of pyridine rings is 1. The number of nitrogens with one attached hydrogen (secondary N) is 1. The Hall–Kier alpha value is -2.18. The van der Waals surface area contributed by atoms with E-state index in [1.165, 1.54) is 12.3 Å². The molecule has 0 fully saturated rings. The van der Waals surface area contributed by atoms with Crippen LogP contribution in [0.15, 0.2) is 18.5 Å². The van der Waals surface area contributed by atoms with E-state index in [1.807, 2.05) is 0 Å². The minimum absolute atomic E-state index is 0.150. The number of carboxylic acids is 1. The summed E-state index contributed by atoms with van der Waals surface area (Å²) in [6.07, 6.45) is 2.46. The molecule has 0 aromatic carbocycles. The van der Waals surface area contributed by atoms with Crippen LogP contribution in [0.5, 0.6) is 0 Å². The highest BCUT2D eigenvalue weighted by molar-refractivity contribution is 5.79. The molecule has 0 aliphatic carbocycles. The largest absolute Gasteiger partial charge is 0.480 e. The molecule has 7 nitrogen and oxygen atoms in total. The lowest BCUT2D eigenvalue weighted by atomic mass is 9.86. The molecule has 0 spiro atoms. The summed E-state index contributed by atoms with van der Waals surface area (Å²) in [5, 5.41) is 22.6. The van der Waals surface area contributed by atoms with Crippen LogP contribution >= 0.6 is 0 Å². The highest BCUT2D eigenvalue weighted by Gasteiger charge is 2.32. The highest BCUT2D eigenvalue weighted by Crippen LogP contribution is 2.28. The van der Waals surface area contributed by atoms with E-state index in [2.05, 4.69) is 10.3 Å². The molecule has 0 amide bonds. The molecule has 1 atom stereocenters. The maximum Gasteiger partial charge on any atom is 0.326 e. The zero-order valence-electron chi connectivity index (χ0n) is 10.4. The summed E-state index contributed by atoms with van der Waals surface area (Å²) in [4.78, 5) is 25.0. The third-order valence-electron chi connectivity index (χ3n) is 2.41. The predicted octanol–water partition coefficient (Wildman–Crippen LogP) is 1.90. The van der Waals surface area contributed by atoms with Crippen molar-refractivity contribution < 1.29 is 14.8 Å². The molecule has 98 valence electrons. The van der Waals surface area contributed by atoms with E-state index in [0.717, 1.165) is 6.20 Å². The molecule has 0 radical (unpaired) electrons. The summed E-state index contributed by atoms with van der Waals surface area (Å²) >= 11 is 0. The number of anilines is 1. The van der Waals surface area contributed by atoms with Crippen LogP contribution in [0.2, 0.25) is 0 Å². The van der Waals surface area contributed by atoms with Gasteiger partial charge in [0.15, 0.2) is 0 Å². The van der Waals surface area contributed by atoms with Gasteiger partial charge in [-0.2, -0.15) is 0 Å². The van der Waals surface area contributed by atoms with Gasteiger partial charge >= 0.3 is 11.7 Å². The van der Waals surface area contributed by atoms with Crippen LogP contribution < -0.4 is 5.32 Å². The van der Waals surface area contributed by atoms with Crippen LogP contribution in [0.3, 0.4) is 0 Å². The van der Waals surface area contributed by atoms with Crippen molar-refractivity contribution in [2.75, 3.05) is 5.32 Å². The Bertz CT molecular complexity index is 468. The van der Waals surface area contributed by atoms with Crippen molar-refractivity contribution in [3.05, 3.63) is 28.6 Å². The van der Waals surface area contributed by atoms with Crippen LogP contribution in [0.1, 0.15) is 20.8 Å². The minimum Gasteiger partial charge on any atom is -0.480 e. The maximum absolute atomic E-state index is 11.2. The molecule has 18 heavy (non-hydrogen) atoms. The predicted molar refractivity (Wildman–Crippen MR) is 65.4 cm³/mol. The SMILES string of the molecule is CC(C)(C)C(Nc1ccncc1[N+](=O)[O-])C(=O)O. The fourth-order valence-electron chi connectivity index (χ4n) is 1.46. The Morgan fingerprint density at radius 2 is 2.17 bits per heavy atom. The molecular weight excluding hydrogens is 238 g/mol. The van der Waals surface area contributed by atoms with Crippen molar-refractivity contribution >= 4 is 17.3 Å². The number of hydrogen-bond acceptors (Lipinski definition) is 5. The molecule has 7 heteroatoms. The first kappa shape index (κ1) is 13.9. The average molecular weight is 253 g/mol. The third-order valence-corrected chi connectivity index (χ3v) is 2.41. The lowest BCUT2D eigenvalue weighted by Gasteiger charge is -2.28. The van der Waals surface area contributed by atoms with Gasteiger partial charge in [-0.1, -0.05) is 20.8 Å². The zero-order chi connectivity index (χ0) is 13.9. The number of aliphatic carboxylic acids is 1. The van der Waals surface area contributed by atoms with Gasteiger partial charge in [0.25, 0.3) is 0 Å². The first-order valence-corrected chi connectivity index (χ1v) is 5.31. The molecule has 1 heterocycles. The number of rotatable bonds is 4. The van der Waals surface area contributed by atoms with Gasteiger partial charge in [0, 0.05) is 6.20 Å². The molecule has 1 aromatic heterocycles. The Morgan fingerprint density at radius 3 is 2.61 bits per heavy atom. The fourth-order valence-corrected chi connectivity index (χ4v) is 1.46. The van der Waals surface area contributed by atoms with Crippen molar-refractivity contribution in [2.24, 2.45) is 5.41 Å². The maximum atomic E-state index is 11.2. The first-order chi connectivity index (χ1) is 8.23. The van der Waals surface area contributed by atoms with E-state index < -0.39 is 22.3 Å². The van der Waals surface area contributed by atoms with Gasteiger partial charge in [0.1, 0.15) is 17.9 Å². The molecule has 1 unspecified atom stereocenters. The normalized spacial score (nSPS) is 12.8. The van der Waals surface area contributed by atoms with Crippen molar-refractivity contribution in [3.8, 4) is 0 Å². The van der Waals surface area contributed by atoms with Crippen LogP contribution in [-0.4, -0.2) is 27.0 Å². The molecule has 1 aromatic rings. The highest BCUT2D eigenvalue weighted by atomic mass is 16.6. The van der Waals surface area contributed by atoms with Gasteiger partial charge in [-0.05, 0) is 11.5 Å². The molecule has 0 saturated heterocycles. The van der Waals surface area contributed by atoms with E-state index in [9.17, 15) is 14.9 Å². The van der Waals surface area contributed by atoms with Crippen molar-refractivity contribution in [3.63, 3.8) is 0 Å². The number of nitro groups is 1. The Morgan fingerprint density at radius 1 is 1.56 bits per heavy atom. The third kappa shape index (κ3) is 3.16. The van der Waals surface area contributed by atoms with Gasteiger partial charge in [0.2, 0.25) is 0 Å². The number of aromatic nitrogens is 1. The summed E-state index contributed by atoms with van der Waals surface area (Å²) < 4.78 is 0. The zero-order valence-corrected chi connectivity index (χ0v) is 10.4. The minimum atomic E-state index is -1.06. The van der Waals surface area contributed by atoms with E-state index >= 15 is 0 Å². The quantitative estimate of drug-likeness (QED) is 0.627. The lowest BCUT2D eigenvalue weighted by molar-refractivity contribution is -0.384. The molecule has 0 aliphatic heterocycles. The van der Waals surface area contributed by atoms with Crippen LogP contribution in [-0.2, 0) is 4.79 Å². The fraction of sp³-hybridized carbons (Fsp3) is 0.455. The van der Waals surface area contributed by atoms with Gasteiger partial charge in [0.05, 0.1) is 4.92 Å². The topological polar surface area (TPSA) is 105 Å². The van der Waals surface area contributed by atoms with E-state index in [4.69, 9.17) is 5.11 Å². The molecule has 0 saturated carbocycles. The van der Waals surface area contributed by atoms with Crippen molar-refractivity contribution in [1.82, 2.24) is 4.98 Å². The Kier molecular flexibility index (Phi) is 3.85. The number of nitrogens with zero attached hydrogens (tertiary/aromatic N) is 2. The number of carbonyl (C=O) groups is 1. The van der Waals surface area contributed by atoms with Crippen LogP contribution in [0.25, 0.3) is 0 Å². The van der Waals surface area contributed by atoms with E-state index in [0.29, 0.717) is 0 Å². The van der Waals surface area contributed by atoms with Gasteiger partial charge in [-0.3, -0.25) is 15.1 Å². The molecule has 0 aliphatic rings. The smallest absolute Gasteiger partial charge is 0.326 e. The lowest BCUT2D eigenvalue weighted by Crippen LogP contribution is -2.41. The Labute approximate surface area is 104 Å². The van der Waals surface area contributed by atoms with E-state index in [-0.39, 0.29) is 11.4 Å². The van der Waals surface area contributed by atoms with Crippen molar-refractivity contribution in [1.29, 1.82) is 0 Å². The number of carboxylic acid groups (broad SMARTS) is 1. The second kappa shape index (κ2) is 4.99. The second-order valence-electron chi connectivity index (χ2n) is 4.93. The van der Waals surface area contributed by atoms with Crippen molar-refractivity contribution in [2.45, 2.75) is 26.8 Å².